The summed E-state index contributed by atoms with van der Waals surface area (Å²) in [4.78, 5) is 22.7. The molecule has 2 aromatic carbocycles. The van der Waals surface area contributed by atoms with Crippen molar-refractivity contribution >= 4 is 27.3 Å². The summed E-state index contributed by atoms with van der Waals surface area (Å²) in [5.41, 5.74) is 4.55. The number of ether oxygens (including phenoxy) is 1. The van der Waals surface area contributed by atoms with Crippen molar-refractivity contribution in [3.8, 4) is 22.2 Å². The fourth-order valence-electron chi connectivity index (χ4n) is 4.50. The van der Waals surface area contributed by atoms with Crippen molar-refractivity contribution in [1.82, 2.24) is 19.9 Å². The van der Waals surface area contributed by atoms with E-state index in [0.717, 1.165) is 57.2 Å². The lowest BCUT2D eigenvalue weighted by molar-refractivity contribution is -0.117. The van der Waals surface area contributed by atoms with Crippen LogP contribution in [-0.2, 0) is 31.2 Å². The maximum absolute atomic E-state index is 15.1. The summed E-state index contributed by atoms with van der Waals surface area (Å²) in [6.07, 6.45) is 5.11. The van der Waals surface area contributed by atoms with E-state index in [2.05, 4.69) is 26.8 Å². The third-order valence-electron chi connectivity index (χ3n) is 6.68. The molecule has 0 saturated carbocycles. The molecule has 0 radical (unpaired) electrons. The second kappa shape index (κ2) is 11.9. The molecule has 6 nitrogen and oxygen atoms in total. The number of pyridine rings is 1. The van der Waals surface area contributed by atoms with E-state index in [1.807, 2.05) is 50.5 Å². The highest BCUT2D eigenvalue weighted by atomic mass is 32.1. The van der Waals surface area contributed by atoms with E-state index < -0.39 is 5.82 Å². The van der Waals surface area contributed by atoms with E-state index in [9.17, 15) is 4.79 Å². The van der Waals surface area contributed by atoms with Crippen LogP contribution in [-0.4, -0.2) is 26.9 Å². The first kappa shape index (κ1) is 26.7. The van der Waals surface area contributed by atoms with Crippen LogP contribution >= 0.6 is 11.3 Å². The van der Waals surface area contributed by atoms with Crippen LogP contribution in [0.2, 0.25) is 0 Å². The van der Waals surface area contributed by atoms with Gasteiger partial charge in [-0.25, -0.2) is 9.37 Å². The molecule has 3 heterocycles. The van der Waals surface area contributed by atoms with Gasteiger partial charge in [0.15, 0.2) is 11.6 Å². The molecule has 200 valence electrons. The van der Waals surface area contributed by atoms with E-state index >= 15 is 4.39 Å². The maximum Gasteiger partial charge on any atom is 0.166 e. The van der Waals surface area contributed by atoms with Gasteiger partial charge in [-0.05, 0) is 54.8 Å². The normalized spacial score (nSPS) is 11.3. The Morgan fingerprint density at radius 3 is 2.72 bits per heavy atom. The first-order valence-corrected chi connectivity index (χ1v) is 13.9. The highest BCUT2D eigenvalue weighted by Gasteiger charge is 2.17. The van der Waals surface area contributed by atoms with Gasteiger partial charge in [-0.15, -0.1) is 11.3 Å². The monoisotopic (exact) mass is 542 g/mol. The molecule has 0 aliphatic heterocycles. The van der Waals surface area contributed by atoms with Gasteiger partial charge in [-0.1, -0.05) is 37.3 Å². The number of nitrogens with zero attached hydrogens (tertiary/aromatic N) is 3. The van der Waals surface area contributed by atoms with Gasteiger partial charge < -0.3 is 14.6 Å². The molecule has 0 unspecified atom stereocenters. The molecule has 1 N–H and O–H groups in total. The zero-order chi connectivity index (χ0) is 27.4. The first-order valence-electron chi connectivity index (χ1n) is 13.1. The van der Waals surface area contributed by atoms with Crippen LogP contribution in [0.15, 0.2) is 67.0 Å². The summed E-state index contributed by atoms with van der Waals surface area (Å²) in [5, 5.41) is 3.41. The average Bonchev–Trinajstić information content (AvgIpc) is 3.51. The van der Waals surface area contributed by atoms with Crippen molar-refractivity contribution in [3.63, 3.8) is 0 Å². The van der Waals surface area contributed by atoms with Crippen LogP contribution in [0.4, 0.5) is 4.39 Å². The minimum absolute atomic E-state index is 0.0397. The van der Waals surface area contributed by atoms with Crippen LogP contribution in [0.3, 0.4) is 0 Å². The van der Waals surface area contributed by atoms with Crippen molar-refractivity contribution in [2.75, 3.05) is 6.54 Å². The maximum atomic E-state index is 15.1. The predicted octanol–water partition coefficient (Wildman–Crippen LogP) is 6.79. The number of aromatic nitrogens is 3. The van der Waals surface area contributed by atoms with E-state index in [-0.39, 0.29) is 18.0 Å². The molecule has 8 heteroatoms. The Labute approximate surface area is 231 Å². The largest absolute Gasteiger partial charge is 0.453 e. The molecule has 0 amide bonds. The van der Waals surface area contributed by atoms with Gasteiger partial charge in [-0.3, -0.25) is 9.78 Å². The lowest BCUT2D eigenvalue weighted by Gasteiger charge is -2.09. The van der Waals surface area contributed by atoms with Crippen LogP contribution in [0.5, 0.6) is 11.5 Å². The number of fused-ring (bicyclic) bond motifs is 1. The Morgan fingerprint density at radius 2 is 1.92 bits per heavy atom. The van der Waals surface area contributed by atoms with Gasteiger partial charge in [-0.2, -0.15) is 0 Å². The van der Waals surface area contributed by atoms with Crippen molar-refractivity contribution < 1.29 is 13.9 Å². The van der Waals surface area contributed by atoms with Crippen LogP contribution < -0.4 is 10.1 Å². The molecule has 0 fully saturated rings. The number of ketones is 1. The number of halogens is 1. The Hall–Kier alpha value is -3.88. The number of nitrogens with one attached hydrogen (secondary N) is 1. The van der Waals surface area contributed by atoms with E-state index in [4.69, 9.17) is 4.74 Å². The third kappa shape index (κ3) is 6.08. The molecule has 3 aromatic heterocycles. The molecule has 39 heavy (non-hydrogen) atoms. The molecule has 5 rings (SSSR count). The number of rotatable bonds is 11. The molecule has 0 spiro atoms. The van der Waals surface area contributed by atoms with Crippen LogP contribution in [0, 0.1) is 12.7 Å². The summed E-state index contributed by atoms with van der Waals surface area (Å²) in [7, 11) is 2.00. The smallest absolute Gasteiger partial charge is 0.166 e. The molecular weight excluding hydrogens is 511 g/mol. The van der Waals surface area contributed by atoms with Gasteiger partial charge in [0.05, 0.1) is 27.0 Å². The third-order valence-corrected chi connectivity index (χ3v) is 7.81. The highest BCUT2D eigenvalue weighted by molar-refractivity contribution is 7.22. The number of aryl methyl sites for hydroxylation is 1. The Bertz CT molecular complexity index is 1620. The Balaban J connectivity index is 1.32. The van der Waals surface area contributed by atoms with E-state index in [1.165, 1.54) is 17.4 Å². The van der Waals surface area contributed by atoms with Gasteiger partial charge >= 0.3 is 0 Å². The fraction of sp³-hybridized carbons (Fsp3) is 0.258. The standard InChI is InChI=1S/C31H31FN4O2S/c1-4-12-33-18-23-19-35-31(36(23)3)29-17-26-30(39-29)28(11-13-34-26)38-27-10-9-21(15-25(27)32)14-24(37)16-22-8-6-5-7-20(22)2/h5-11,13,15,17,19,33H,4,12,14,16,18H2,1-3H3. The minimum atomic E-state index is -0.508. The number of thiophene rings is 1. The van der Waals surface area contributed by atoms with E-state index in [0.29, 0.717) is 17.7 Å². The molecule has 5 aromatic rings. The van der Waals surface area contributed by atoms with Crippen molar-refractivity contribution in [3.05, 3.63) is 95.2 Å². The summed E-state index contributed by atoms with van der Waals surface area (Å²) < 4.78 is 24.0. The van der Waals surface area contributed by atoms with Crippen molar-refractivity contribution in [2.24, 2.45) is 7.05 Å². The zero-order valence-electron chi connectivity index (χ0n) is 22.3. The van der Waals surface area contributed by atoms with Gasteiger partial charge in [0.1, 0.15) is 17.4 Å². The topological polar surface area (TPSA) is 69.0 Å². The zero-order valence-corrected chi connectivity index (χ0v) is 23.1. The second-order valence-corrected chi connectivity index (χ2v) is 10.7. The lowest BCUT2D eigenvalue weighted by atomic mass is 9.99. The number of hydrogen-bond donors (Lipinski definition) is 1. The summed E-state index contributed by atoms with van der Waals surface area (Å²) in [6, 6.07) is 16.2. The first-order chi connectivity index (χ1) is 18.9. The molecule has 0 bridgehead atoms. The fourth-order valence-corrected chi connectivity index (χ4v) is 5.60. The van der Waals surface area contributed by atoms with Gasteiger partial charge in [0, 0.05) is 38.7 Å². The summed E-state index contributed by atoms with van der Waals surface area (Å²) in [5.74, 6) is 1.01. The number of carbonyl (C=O) groups is 1. The predicted molar refractivity (Wildman–Crippen MR) is 154 cm³/mol. The number of carbonyl (C=O) groups excluding carboxylic acids is 1. The molecule has 0 saturated heterocycles. The number of benzene rings is 2. The molecule has 0 aliphatic carbocycles. The number of imidazole rings is 1. The van der Waals surface area contributed by atoms with Gasteiger partial charge in [0.2, 0.25) is 0 Å². The van der Waals surface area contributed by atoms with Crippen molar-refractivity contribution in [2.45, 2.75) is 39.7 Å². The SMILES string of the molecule is CCCNCc1cnc(-c2cc3nccc(Oc4ccc(CC(=O)Cc5ccccc5C)cc4F)c3s2)n1C. The average molecular weight is 543 g/mol. The molecular formula is C31H31FN4O2S. The van der Waals surface area contributed by atoms with E-state index in [1.54, 1.807) is 24.4 Å². The molecule has 0 atom stereocenters. The minimum Gasteiger partial charge on any atom is -0.453 e. The van der Waals surface area contributed by atoms with Crippen molar-refractivity contribution in [1.29, 1.82) is 0 Å². The quantitative estimate of drug-likeness (QED) is 0.186. The second-order valence-electron chi connectivity index (χ2n) is 9.63. The van der Waals surface area contributed by atoms with Crippen LogP contribution in [0.25, 0.3) is 20.9 Å². The number of hydrogen-bond acceptors (Lipinski definition) is 6. The summed E-state index contributed by atoms with van der Waals surface area (Å²) >= 11 is 1.51. The molecule has 0 aliphatic rings. The van der Waals surface area contributed by atoms with Gasteiger partial charge in [0.25, 0.3) is 0 Å². The Kier molecular flexibility index (Phi) is 8.14. The summed E-state index contributed by atoms with van der Waals surface area (Å²) in [6.45, 7) is 5.83. The number of Topliss-reactive ketones (excluding diaryl/α,β-unsaturated/α-hetero) is 1. The highest BCUT2D eigenvalue weighted by Crippen LogP contribution is 2.39. The Morgan fingerprint density at radius 1 is 1.08 bits per heavy atom. The lowest BCUT2D eigenvalue weighted by Crippen LogP contribution is -2.16. The van der Waals surface area contributed by atoms with Crippen LogP contribution in [0.1, 0.15) is 35.7 Å².